The van der Waals surface area contributed by atoms with Gasteiger partial charge in [0.1, 0.15) is 0 Å². The van der Waals surface area contributed by atoms with E-state index in [4.69, 9.17) is 10.6 Å². The molecule has 1 heterocycles. The average Bonchev–Trinajstić information content (AvgIpc) is 2.53. The van der Waals surface area contributed by atoms with Crippen molar-refractivity contribution >= 4 is 0 Å². The number of fused-ring (bicyclic) bond motifs is 1. The second kappa shape index (κ2) is 7.24. The van der Waals surface area contributed by atoms with E-state index in [-0.39, 0.29) is 0 Å². The molecule has 1 aliphatic heterocycles. The minimum atomic E-state index is 0.543. The second-order valence-electron chi connectivity index (χ2n) is 7.44. The third kappa shape index (κ3) is 3.55. The summed E-state index contributed by atoms with van der Waals surface area (Å²) < 4.78 is 5.48. The summed E-state index contributed by atoms with van der Waals surface area (Å²) in [4.78, 5) is 0. The van der Waals surface area contributed by atoms with Crippen molar-refractivity contribution in [2.45, 2.75) is 70.3 Å². The van der Waals surface area contributed by atoms with Crippen LogP contribution in [0.5, 0.6) is 0 Å². The van der Waals surface area contributed by atoms with Gasteiger partial charge in [-0.15, -0.1) is 0 Å². The lowest BCUT2D eigenvalue weighted by atomic mass is 9.65. The normalized spacial score (nSPS) is 37.4. The fourth-order valence-electron chi connectivity index (χ4n) is 5.01. The Balaban J connectivity index is 1.52. The maximum Gasteiger partial charge on any atom is 0.0468 e. The van der Waals surface area contributed by atoms with E-state index in [2.05, 4.69) is 5.43 Å². The lowest BCUT2D eigenvalue weighted by Gasteiger charge is -2.42. The van der Waals surface area contributed by atoms with Crippen LogP contribution in [0.2, 0.25) is 0 Å². The predicted octanol–water partition coefficient (Wildman–Crippen LogP) is 3.24. The molecule has 3 heteroatoms. The average molecular weight is 280 g/mol. The van der Waals surface area contributed by atoms with Gasteiger partial charge in [-0.25, -0.2) is 0 Å². The molecule has 1 saturated heterocycles. The molecule has 0 aromatic rings. The lowest BCUT2D eigenvalue weighted by Crippen LogP contribution is -2.45. The Hall–Kier alpha value is -0.120. The molecule has 116 valence electrons. The Morgan fingerprint density at radius 2 is 1.70 bits per heavy atom. The Labute approximate surface area is 124 Å². The molecule has 4 atom stereocenters. The first-order chi connectivity index (χ1) is 9.86. The van der Waals surface area contributed by atoms with Crippen molar-refractivity contribution < 1.29 is 4.74 Å². The molecule has 3 aliphatic rings. The Morgan fingerprint density at radius 3 is 2.45 bits per heavy atom. The van der Waals surface area contributed by atoms with Gasteiger partial charge in [0, 0.05) is 19.3 Å². The van der Waals surface area contributed by atoms with Crippen LogP contribution in [0.15, 0.2) is 0 Å². The van der Waals surface area contributed by atoms with Gasteiger partial charge in [0.15, 0.2) is 0 Å². The molecule has 0 amide bonds. The summed E-state index contributed by atoms with van der Waals surface area (Å²) >= 11 is 0. The molecule has 0 aromatic carbocycles. The van der Waals surface area contributed by atoms with Crippen LogP contribution in [-0.2, 0) is 4.74 Å². The summed E-state index contributed by atoms with van der Waals surface area (Å²) in [6.45, 7) is 1.91. The molecule has 3 nitrogen and oxygen atoms in total. The largest absolute Gasteiger partial charge is 0.381 e. The number of hydrogen-bond acceptors (Lipinski definition) is 3. The van der Waals surface area contributed by atoms with Crippen LogP contribution in [-0.4, -0.2) is 19.3 Å². The van der Waals surface area contributed by atoms with Gasteiger partial charge in [-0.05, 0) is 62.2 Å². The highest BCUT2D eigenvalue weighted by Gasteiger charge is 2.35. The molecule has 2 saturated carbocycles. The minimum absolute atomic E-state index is 0.543. The van der Waals surface area contributed by atoms with Crippen molar-refractivity contribution in [3.8, 4) is 0 Å². The summed E-state index contributed by atoms with van der Waals surface area (Å²) in [5.74, 6) is 9.61. The molecule has 0 aromatic heterocycles. The summed E-state index contributed by atoms with van der Waals surface area (Å²) in [5.41, 5.74) is 3.17. The SMILES string of the molecule is NNC(CC1CCOCC1)C1CCC2CCCCC2C1. The maximum atomic E-state index is 5.91. The summed E-state index contributed by atoms with van der Waals surface area (Å²) in [6.07, 6.45) is 14.0. The molecule has 2 aliphatic carbocycles. The highest BCUT2D eigenvalue weighted by atomic mass is 16.5. The molecule has 3 rings (SSSR count). The smallest absolute Gasteiger partial charge is 0.0468 e. The number of ether oxygens (including phenoxy) is 1. The van der Waals surface area contributed by atoms with E-state index in [1.54, 1.807) is 0 Å². The standard InChI is InChI=1S/C17H32N2O/c18-19-17(11-13-7-9-20-10-8-13)16-6-5-14-3-1-2-4-15(14)12-16/h13-17,19H,1-12,18H2. The summed E-state index contributed by atoms with van der Waals surface area (Å²) in [6, 6.07) is 0.543. The van der Waals surface area contributed by atoms with Crippen molar-refractivity contribution in [1.82, 2.24) is 5.43 Å². The van der Waals surface area contributed by atoms with Crippen LogP contribution in [0.1, 0.15) is 64.2 Å². The highest BCUT2D eigenvalue weighted by Crippen LogP contribution is 2.44. The van der Waals surface area contributed by atoms with Gasteiger partial charge in [0.05, 0.1) is 0 Å². The first-order valence-electron chi connectivity index (χ1n) is 8.90. The summed E-state index contributed by atoms with van der Waals surface area (Å²) in [7, 11) is 0. The van der Waals surface area contributed by atoms with Gasteiger partial charge in [-0.1, -0.05) is 25.7 Å². The van der Waals surface area contributed by atoms with Gasteiger partial charge in [-0.2, -0.15) is 0 Å². The van der Waals surface area contributed by atoms with Crippen LogP contribution in [0.25, 0.3) is 0 Å². The number of rotatable bonds is 4. The number of hydrogen-bond donors (Lipinski definition) is 2. The zero-order chi connectivity index (χ0) is 13.8. The first kappa shape index (κ1) is 14.8. The van der Waals surface area contributed by atoms with Crippen molar-refractivity contribution in [1.29, 1.82) is 0 Å². The number of hydrazine groups is 1. The molecular formula is C17H32N2O. The molecule has 4 unspecified atom stereocenters. The van der Waals surface area contributed by atoms with Gasteiger partial charge in [0.25, 0.3) is 0 Å². The third-order valence-corrected chi connectivity index (χ3v) is 6.29. The molecule has 3 fully saturated rings. The fraction of sp³-hybridized carbons (Fsp3) is 1.00. The van der Waals surface area contributed by atoms with Crippen molar-refractivity contribution in [3.63, 3.8) is 0 Å². The van der Waals surface area contributed by atoms with Crippen molar-refractivity contribution in [2.24, 2.45) is 29.5 Å². The molecule has 20 heavy (non-hydrogen) atoms. The first-order valence-corrected chi connectivity index (χ1v) is 8.90. The quantitative estimate of drug-likeness (QED) is 0.614. The fourth-order valence-corrected chi connectivity index (χ4v) is 5.01. The van der Waals surface area contributed by atoms with E-state index in [9.17, 15) is 0 Å². The van der Waals surface area contributed by atoms with Gasteiger partial charge >= 0.3 is 0 Å². The van der Waals surface area contributed by atoms with Crippen LogP contribution in [0, 0.1) is 23.7 Å². The van der Waals surface area contributed by atoms with Crippen LogP contribution in [0.3, 0.4) is 0 Å². The van der Waals surface area contributed by atoms with E-state index in [0.29, 0.717) is 6.04 Å². The topological polar surface area (TPSA) is 47.3 Å². The van der Waals surface area contributed by atoms with Crippen molar-refractivity contribution in [2.75, 3.05) is 13.2 Å². The second-order valence-corrected chi connectivity index (χ2v) is 7.44. The zero-order valence-corrected chi connectivity index (χ0v) is 12.9. The highest BCUT2D eigenvalue weighted by molar-refractivity contribution is 4.88. The molecule has 3 N–H and O–H groups in total. The number of nitrogens with two attached hydrogens (primary N) is 1. The predicted molar refractivity (Wildman–Crippen MR) is 82.1 cm³/mol. The Bertz CT molecular complexity index is 289. The van der Waals surface area contributed by atoms with E-state index >= 15 is 0 Å². The van der Waals surface area contributed by atoms with Gasteiger partial charge in [0.2, 0.25) is 0 Å². The zero-order valence-electron chi connectivity index (χ0n) is 12.9. The summed E-state index contributed by atoms with van der Waals surface area (Å²) in [5, 5.41) is 0. The minimum Gasteiger partial charge on any atom is -0.381 e. The van der Waals surface area contributed by atoms with E-state index in [1.165, 1.54) is 64.2 Å². The van der Waals surface area contributed by atoms with Gasteiger partial charge < -0.3 is 4.74 Å². The molecule has 0 bridgehead atoms. The van der Waals surface area contributed by atoms with E-state index < -0.39 is 0 Å². The number of nitrogens with one attached hydrogen (secondary N) is 1. The third-order valence-electron chi connectivity index (χ3n) is 6.29. The molecule has 0 radical (unpaired) electrons. The van der Waals surface area contributed by atoms with E-state index in [1.807, 2.05) is 0 Å². The monoisotopic (exact) mass is 280 g/mol. The van der Waals surface area contributed by atoms with Gasteiger partial charge in [-0.3, -0.25) is 11.3 Å². The van der Waals surface area contributed by atoms with E-state index in [0.717, 1.165) is 36.9 Å². The van der Waals surface area contributed by atoms with Crippen LogP contribution < -0.4 is 11.3 Å². The molecule has 0 spiro atoms. The van der Waals surface area contributed by atoms with Crippen molar-refractivity contribution in [3.05, 3.63) is 0 Å². The Morgan fingerprint density at radius 1 is 0.950 bits per heavy atom. The lowest BCUT2D eigenvalue weighted by molar-refractivity contribution is 0.0503. The molecular weight excluding hydrogens is 248 g/mol. The van der Waals surface area contributed by atoms with Crippen LogP contribution in [0.4, 0.5) is 0 Å². The van der Waals surface area contributed by atoms with Crippen LogP contribution >= 0.6 is 0 Å². The Kier molecular flexibility index (Phi) is 5.36. The maximum absolute atomic E-state index is 5.91.